The summed E-state index contributed by atoms with van der Waals surface area (Å²) in [5.74, 6) is 0.00806. The third-order valence-electron chi connectivity index (χ3n) is 1.29. The lowest BCUT2D eigenvalue weighted by molar-refractivity contribution is -0.118. The summed E-state index contributed by atoms with van der Waals surface area (Å²) in [6.45, 7) is 3.93. The first kappa shape index (κ1) is 12.4. The predicted molar refractivity (Wildman–Crippen MR) is 43.9 cm³/mol. The van der Waals surface area contributed by atoms with Crippen LogP contribution in [0.15, 0.2) is 0 Å². The fourth-order valence-corrected chi connectivity index (χ4v) is 0.468. The molecule has 10 heavy (non-hydrogen) atoms. The zero-order valence-corrected chi connectivity index (χ0v) is 7.15. The van der Waals surface area contributed by atoms with Crippen molar-refractivity contribution in [1.29, 1.82) is 0 Å². The van der Waals surface area contributed by atoms with Gasteiger partial charge in [0.05, 0.1) is 0 Å². The third-order valence-corrected chi connectivity index (χ3v) is 1.29. The Morgan fingerprint density at radius 2 is 1.90 bits per heavy atom. The summed E-state index contributed by atoms with van der Waals surface area (Å²) in [5.41, 5.74) is 10.4. The summed E-state index contributed by atoms with van der Waals surface area (Å²) >= 11 is 0. The highest BCUT2D eigenvalue weighted by Gasteiger charge is 2.09. The van der Waals surface area contributed by atoms with Gasteiger partial charge in [-0.2, -0.15) is 0 Å². The van der Waals surface area contributed by atoms with E-state index >= 15 is 0 Å². The monoisotopic (exact) mass is 166 g/mol. The van der Waals surface area contributed by atoms with E-state index in [4.69, 9.17) is 11.5 Å². The smallest absolute Gasteiger partial charge is 0.218 e. The Bertz CT molecular complexity index is 106. The Labute approximate surface area is 67.6 Å². The minimum absolute atomic E-state index is 0. The van der Waals surface area contributed by atoms with Crippen LogP contribution in [0.1, 0.15) is 20.3 Å². The number of carbonyl (C=O) groups excluding carboxylic acids is 1. The third kappa shape index (κ3) is 5.85. The molecule has 0 fully saturated rings. The van der Waals surface area contributed by atoms with Gasteiger partial charge in [0.25, 0.3) is 0 Å². The van der Waals surface area contributed by atoms with Crippen LogP contribution in [-0.4, -0.2) is 11.9 Å². The molecule has 4 N–H and O–H groups in total. The molecule has 62 valence electrons. The lowest BCUT2D eigenvalue weighted by Crippen LogP contribution is -2.31. The van der Waals surface area contributed by atoms with Crippen LogP contribution >= 0.6 is 12.4 Å². The van der Waals surface area contributed by atoms with Crippen molar-refractivity contribution >= 4 is 18.3 Å². The summed E-state index contributed by atoms with van der Waals surface area (Å²) < 4.78 is 0. The van der Waals surface area contributed by atoms with Gasteiger partial charge in [-0.1, -0.05) is 13.8 Å². The highest BCUT2D eigenvalue weighted by molar-refractivity contribution is 5.85. The number of primary amides is 1. The van der Waals surface area contributed by atoms with Gasteiger partial charge in [0.15, 0.2) is 0 Å². The molecule has 0 aromatic heterocycles. The van der Waals surface area contributed by atoms with Crippen LogP contribution in [0.25, 0.3) is 0 Å². The second-order valence-electron chi connectivity index (χ2n) is 2.58. The van der Waals surface area contributed by atoms with Crippen molar-refractivity contribution in [1.82, 2.24) is 0 Å². The van der Waals surface area contributed by atoms with Crippen molar-refractivity contribution < 1.29 is 4.79 Å². The number of halogens is 1. The number of amides is 1. The van der Waals surface area contributed by atoms with Crippen LogP contribution in [0.2, 0.25) is 0 Å². The van der Waals surface area contributed by atoms with Crippen molar-refractivity contribution in [2.45, 2.75) is 26.3 Å². The van der Waals surface area contributed by atoms with Crippen molar-refractivity contribution in [3.8, 4) is 0 Å². The Morgan fingerprint density at radius 1 is 1.50 bits per heavy atom. The van der Waals surface area contributed by atoms with Gasteiger partial charge >= 0.3 is 0 Å². The largest absolute Gasteiger partial charge is 0.370 e. The maximum absolute atomic E-state index is 10.3. The Balaban J connectivity index is 0. The molecular weight excluding hydrogens is 152 g/mol. The number of hydrogen-bond donors (Lipinski definition) is 2. The molecule has 0 heterocycles. The number of rotatable bonds is 3. The zero-order chi connectivity index (χ0) is 7.44. The lowest BCUT2D eigenvalue weighted by Gasteiger charge is -2.12. The number of carbonyl (C=O) groups is 1. The van der Waals surface area contributed by atoms with E-state index in [9.17, 15) is 4.79 Å². The van der Waals surface area contributed by atoms with Gasteiger partial charge in [-0.05, 0) is 5.92 Å². The maximum atomic E-state index is 10.3. The van der Waals surface area contributed by atoms with Gasteiger partial charge in [-0.15, -0.1) is 12.4 Å². The van der Waals surface area contributed by atoms with Crippen LogP contribution in [0, 0.1) is 5.92 Å². The van der Waals surface area contributed by atoms with Crippen LogP contribution in [0.5, 0.6) is 0 Å². The molecule has 0 aromatic carbocycles. The van der Waals surface area contributed by atoms with Gasteiger partial charge in [0.1, 0.15) is 0 Å². The molecule has 1 atom stereocenters. The van der Waals surface area contributed by atoms with Crippen molar-refractivity contribution in [2.24, 2.45) is 17.4 Å². The van der Waals surface area contributed by atoms with Crippen molar-refractivity contribution in [2.75, 3.05) is 0 Å². The summed E-state index contributed by atoms with van der Waals surface area (Å²) in [4.78, 5) is 10.3. The second-order valence-corrected chi connectivity index (χ2v) is 2.58. The first-order valence-corrected chi connectivity index (χ1v) is 3.08. The zero-order valence-electron chi connectivity index (χ0n) is 6.33. The molecule has 0 bridgehead atoms. The fraction of sp³-hybridized carbons (Fsp3) is 0.833. The topological polar surface area (TPSA) is 69.1 Å². The molecule has 3 nitrogen and oxygen atoms in total. The SMILES string of the molecule is CC(C)[C@@H](N)CC(N)=O.Cl. The number of hydrogen-bond acceptors (Lipinski definition) is 2. The van der Waals surface area contributed by atoms with Gasteiger partial charge in [-0.25, -0.2) is 0 Å². The van der Waals surface area contributed by atoms with Gasteiger partial charge in [0.2, 0.25) is 5.91 Å². The highest BCUT2D eigenvalue weighted by Crippen LogP contribution is 2.00. The molecule has 0 aliphatic rings. The summed E-state index contributed by atoms with van der Waals surface area (Å²) in [6, 6.07) is -0.0810. The first-order valence-electron chi connectivity index (χ1n) is 3.08. The average Bonchev–Trinajstić information content (AvgIpc) is 1.63. The summed E-state index contributed by atoms with van der Waals surface area (Å²) in [6.07, 6.45) is 0.289. The minimum atomic E-state index is -0.323. The lowest BCUT2D eigenvalue weighted by atomic mass is 10.0. The molecule has 0 aliphatic carbocycles. The molecule has 0 rings (SSSR count). The molecule has 0 unspecified atom stereocenters. The molecule has 4 heteroatoms. The molecule has 0 radical (unpaired) electrons. The maximum Gasteiger partial charge on any atom is 0.218 e. The van der Waals surface area contributed by atoms with E-state index in [1.807, 2.05) is 13.8 Å². The van der Waals surface area contributed by atoms with E-state index in [1.54, 1.807) is 0 Å². The quantitative estimate of drug-likeness (QED) is 0.632. The summed E-state index contributed by atoms with van der Waals surface area (Å²) in [7, 11) is 0. The van der Waals surface area contributed by atoms with Crippen LogP contribution in [-0.2, 0) is 4.79 Å². The van der Waals surface area contributed by atoms with E-state index in [1.165, 1.54) is 0 Å². The molecule has 0 aromatic rings. The summed E-state index contributed by atoms with van der Waals surface area (Å²) in [5, 5.41) is 0. The normalized spacial score (nSPS) is 12.4. The van der Waals surface area contributed by atoms with Crippen LogP contribution in [0.4, 0.5) is 0 Å². The predicted octanol–water partition coefficient (Wildman–Crippen LogP) is 0.267. The molecular formula is C6H15ClN2O. The van der Waals surface area contributed by atoms with Gasteiger partial charge < -0.3 is 11.5 Å². The van der Waals surface area contributed by atoms with Crippen LogP contribution in [0.3, 0.4) is 0 Å². The Hall–Kier alpha value is -0.280. The molecule has 0 saturated carbocycles. The van der Waals surface area contributed by atoms with Crippen LogP contribution < -0.4 is 11.5 Å². The Kier molecular flexibility index (Phi) is 6.82. The molecule has 0 aliphatic heterocycles. The second kappa shape index (κ2) is 5.50. The van der Waals surface area contributed by atoms with E-state index in [0.717, 1.165) is 0 Å². The van der Waals surface area contributed by atoms with Gasteiger partial charge in [0, 0.05) is 12.5 Å². The van der Waals surface area contributed by atoms with E-state index in [2.05, 4.69) is 0 Å². The number of nitrogens with two attached hydrogens (primary N) is 2. The highest BCUT2D eigenvalue weighted by atomic mass is 35.5. The fourth-order valence-electron chi connectivity index (χ4n) is 0.468. The van der Waals surface area contributed by atoms with Crippen molar-refractivity contribution in [3.05, 3.63) is 0 Å². The Morgan fingerprint density at radius 3 is 2.00 bits per heavy atom. The minimum Gasteiger partial charge on any atom is -0.370 e. The van der Waals surface area contributed by atoms with E-state index < -0.39 is 0 Å². The molecule has 1 amide bonds. The van der Waals surface area contributed by atoms with Crippen molar-refractivity contribution in [3.63, 3.8) is 0 Å². The standard InChI is InChI=1S/C6H14N2O.ClH/c1-4(2)5(7)3-6(8)9;/h4-5H,3,7H2,1-2H3,(H2,8,9);1H/t5-;/m0./s1. The van der Waals surface area contributed by atoms with Gasteiger partial charge in [-0.3, -0.25) is 4.79 Å². The average molecular weight is 167 g/mol. The molecule has 0 saturated heterocycles. The molecule has 0 spiro atoms. The first-order chi connectivity index (χ1) is 4.04. The van der Waals surface area contributed by atoms with E-state index in [-0.39, 0.29) is 30.8 Å². The van der Waals surface area contributed by atoms with E-state index in [0.29, 0.717) is 5.92 Å².